The molecule has 0 unspecified atom stereocenters. The molecule has 0 aromatic rings. The lowest BCUT2D eigenvalue weighted by molar-refractivity contribution is -0.145. The second-order valence-electron chi connectivity index (χ2n) is 3.89. The van der Waals surface area contributed by atoms with Crippen molar-refractivity contribution in [1.82, 2.24) is 0 Å². The quantitative estimate of drug-likeness (QED) is 0.497. The van der Waals surface area contributed by atoms with E-state index in [-0.39, 0.29) is 24.1 Å². The van der Waals surface area contributed by atoms with Gasteiger partial charge >= 0.3 is 5.97 Å². The highest BCUT2D eigenvalue weighted by molar-refractivity contribution is 5.76. The number of carbonyl (C=O) groups excluding carboxylic acids is 1. The van der Waals surface area contributed by atoms with Gasteiger partial charge in [0.05, 0.1) is 12.0 Å². The Hall–Kier alpha value is -0.570. The van der Waals surface area contributed by atoms with Crippen molar-refractivity contribution < 1.29 is 14.6 Å². The summed E-state index contributed by atoms with van der Waals surface area (Å²) in [6.45, 7) is 0. The molecule has 1 aliphatic heterocycles. The molecule has 0 aromatic carbocycles. The van der Waals surface area contributed by atoms with Crippen molar-refractivity contribution in [2.45, 2.75) is 25.0 Å². The van der Waals surface area contributed by atoms with E-state index < -0.39 is 0 Å². The topological polar surface area (TPSA) is 46.5 Å². The number of hydrogen-bond acceptors (Lipinski definition) is 3. The molecule has 3 heteroatoms. The minimum absolute atomic E-state index is 0.0703. The Morgan fingerprint density at radius 3 is 2.91 bits per heavy atom. The van der Waals surface area contributed by atoms with Crippen LogP contribution in [0.4, 0.5) is 0 Å². The maximum absolute atomic E-state index is 11.1. The van der Waals surface area contributed by atoms with E-state index in [1.165, 1.54) is 0 Å². The minimum Gasteiger partial charge on any atom is -0.459 e. The van der Waals surface area contributed by atoms with Crippen LogP contribution < -0.4 is 0 Å². The third-order valence-corrected chi connectivity index (χ3v) is 3.44. The van der Waals surface area contributed by atoms with E-state index in [9.17, 15) is 9.90 Å². The number of carbonyl (C=O) groups is 1. The lowest BCUT2D eigenvalue weighted by Crippen LogP contribution is -2.31. The Kier molecular flexibility index (Phi) is 0.876. The fraction of sp³-hybridized carbons (Fsp3) is 0.875. The van der Waals surface area contributed by atoms with Crippen molar-refractivity contribution in [3.05, 3.63) is 0 Å². The van der Waals surface area contributed by atoms with Crippen LogP contribution in [0.2, 0.25) is 0 Å². The second-order valence-corrected chi connectivity index (χ2v) is 3.89. The number of fused-ring (bicyclic) bond motifs is 1. The van der Waals surface area contributed by atoms with Gasteiger partial charge in [-0.1, -0.05) is 0 Å². The lowest BCUT2D eigenvalue weighted by atomic mass is 9.88. The Morgan fingerprint density at radius 2 is 2.27 bits per heavy atom. The maximum atomic E-state index is 11.1. The summed E-state index contributed by atoms with van der Waals surface area (Å²) in [5, 5.41) is 9.55. The third kappa shape index (κ3) is 0.527. The highest BCUT2D eigenvalue weighted by Gasteiger charge is 2.61. The highest BCUT2D eigenvalue weighted by atomic mass is 16.6. The third-order valence-electron chi connectivity index (χ3n) is 3.44. The number of aliphatic hydroxyl groups excluding tert-OH is 1. The summed E-state index contributed by atoms with van der Waals surface area (Å²) in [5.74, 6) is 0.761. The summed E-state index contributed by atoms with van der Waals surface area (Å²) in [6.07, 6.45) is 1.36. The van der Waals surface area contributed by atoms with Gasteiger partial charge in [0.1, 0.15) is 6.10 Å². The predicted octanol–water partition coefficient (Wildman–Crippen LogP) is -0.0713. The van der Waals surface area contributed by atoms with Gasteiger partial charge in [0, 0.05) is 5.92 Å². The van der Waals surface area contributed by atoms with E-state index in [4.69, 9.17) is 4.74 Å². The smallest absolute Gasteiger partial charge is 0.309 e. The molecule has 5 atom stereocenters. The second kappa shape index (κ2) is 1.61. The Balaban J connectivity index is 2.04. The summed E-state index contributed by atoms with van der Waals surface area (Å²) < 4.78 is 5.06. The van der Waals surface area contributed by atoms with Crippen LogP contribution in [-0.2, 0) is 9.53 Å². The molecule has 0 spiro atoms. The van der Waals surface area contributed by atoms with Crippen LogP contribution in [0.3, 0.4) is 0 Å². The van der Waals surface area contributed by atoms with Crippen LogP contribution in [0.25, 0.3) is 0 Å². The SMILES string of the molecule is O=C1O[C@@H]2[C@H](O)[C@H]3C[C@H]2[C@@H]1C3. The monoisotopic (exact) mass is 154 g/mol. The number of rotatable bonds is 0. The van der Waals surface area contributed by atoms with Crippen molar-refractivity contribution in [3.63, 3.8) is 0 Å². The molecule has 2 saturated carbocycles. The van der Waals surface area contributed by atoms with Gasteiger partial charge < -0.3 is 9.84 Å². The molecule has 3 fully saturated rings. The van der Waals surface area contributed by atoms with Crippen molar-refractivity contribution in [2.75, 3.05) is 0 Å². The molecule has 0 aromatic heterocycles. The zero-order valence-corrected chi connectivity index (χ0v) is 6.06. The van der Waals surface area contributed by atoms with E-state index >= 15 is 0 Å². The lowest BCUT2D eigenvalue weighted by Gasteiger charge is -2.19. The summed E-state index contributed by atoms with van der Waals surface area (Å²) in [6, 6.07) is 0. The number of ether oxygens (including phenoxy) is 1. The van der Waals surface area contributed by atoms with Gasteiger partial charge in [0.2, 0.25) is 0 Å². The summed E-state index contributed by atoms with van der Waals surface area (Å²) in [7, 11) is 0. The zero-order valence-electron chi connectivity index (χ0n) is 6.06. The highest BCUT2D eigenvalue weighted by Crippen LogP contribution is 2.54. The molecule has 3 nitrogen and oxygen atoms in total. The first-order valence-electron chi connectivity index (χ1n) is 4.16. The first kappa shape index (κ1) is 6.00. The molecule has 2 aliphatic carbocycles. The maximum Gasteiger partial charge on any atom is 0.309 e. The van der Waals surface area contributed by atoms with Crippen molar-refractivity contribution >= 4 is 5.97 Å². The molecular weight excluding hydrogens is 144 g/mol. The van der Waals surface area contributed by atoms with E-state index in [1.807, 2.05) is 0 Å². The fourth-order valence-corrected chi connectivity index (χ4v) is 2.92. The van der Waals surface area contributed by atoms with Gasteiger partial charge in [-0.25, -0.2) is 0 Å². The van der Waals surface area contributed by atoms with Crippen LogP contribution in [-0.4, -0.2) is 23.3 Å². The predicted molar refractivity (Wildman–Crippen MR) is 35.6 cm³/mol. The summed E-state index contributed by atoms with van der Waals surface area (Å²) in [5.41, 5.74) is 0. The van der Waals surface area contributed by atoms with E-state index in [0.29, 0.717) is 11.8 Å². The minimum atomic E-state index is -0.359. The van der Waals surface area contributed by atoms with E-state index in [1.54, 1.807) is 0 Å². The van der Waals surface area contributed by atoms with Crippen LogP contribution in [0.1, 0.15) is 12.8 Å². The number of aliphatic hydroxyl groups is 1. The molecule has 1 heterocycles. The number of hydrogen-bond donors (Lipinski definition) is 1. The van der Waals surface area contributed by atoms with Crippen molar-refractivity contribution in [1.29, 1.82) is 0 Å². The first-order valence-corrected chi connectivity index (χ1v) is 4.16. The van der Waals surface area contributed by atoms with Gasteiger partial charge in [-0.2, -0.15) is 0 Å². The molecule has 0 amide bonds. The van der Waals surface area contributed by atoms with Gasteiger partial charge in [-0.05, 0) is 18.8 Å². The standard InChI is InChI=1S/C8H10O3/c9-6-3-1-4-5(2-3)8(10)11-7(4)6/h3-7,9H,1-2H2/t3-,4-,5-,6+,7-/m0/s1. The van der Waals surface area contributed by atoms with Crippen molar-refractivity contribution in [2.24, 2.45) is 17.8 Å². The molecule has 11 heavy (non-hydrogen) atoms. The Bertz CT molecular complexity index is 225. The van der Waals surface area contributed by atoms with Gasteiger partial charge in [0.25, 0.3) is 0 Å². The fourth-order valence-electron chi connectivity index (χ4n) is 2.92. The molecule has 3 aliphatic rings. The van der Waals surface area contributed by atoms with Gasteiger partial charge in [0.15, 0.2) is 0 Å². The summed E-state index contributed by atoms with van der Waals surface area (Å²) in [4.78, 5) is 11.1. The van der Waals surface area contributed by atoms with Crippen LogP contribution in [0.5, 0.6) is 0 Å². The van der Waals surface area contributed by atoms with Gasteiger partial charge in [-0.3, -0.25) is 4.79 Å². The van der Waals surface area contributed by atoms with E-state index in [2.05, 4.69) is 0 Å². The Morgan fingerprint density at radius 1 is 1.45 bits per heavy atom. The van der Waals surface area contributed by atoms with Gasteiger partial charge in [-0.15, -0.1) is 0 Å². The summed E-state index contributed by atoms with van der Waals surface area (Å²) >= 11 is 0. The number of esters is 1. The molecule has 1 N–H and O–H groups in total. The average molecular weight is 154 g/mol. The largest absolute Gasteiger partial charge is 0.459 e. The molecule has 0 radical (unpaired) electrons. The normalized spacial score (nSPS) is 58.6. The molecule has 3 rings (SSSR count). The first-order chi connectivity index (χ1) is 5.27. The Labute approximate surface area is 64.3 Å². The van der Waals surface area contributed by atoms with Crippen LogP contribution >= 0.6 is 0 Å². The van der Waals surface area contributed by atoms with E-state index in [0.717, 1.165) is 12.8 Å². The average Bonchev–Trinajstić information content (AvgIpc) is 2.53. The van der Waals surface area contributed by atoms with Crippen molar-refractivity contribution in [3.8, 4) is 0 Å². The van der Waals surface area contributed by atoms with Crippen LogP contribution in [0, 0.1) is 17.8 Å². The zero-order chi connectivity index (χ0) is 7.59. The molecular formula is C8H10O3. The molecule has 1 saturated heterocycles. The van der Waals surface area contributed by atoms with Crippen LogP contribution in [0.15, 0.2) is 0 Å². The molecule has 2 bridgehead atoms. The molecule has 60 valence electrons.